The van der Waals surface area contributed by atoms with E-state index in [4.69, 9.17) is 19.6 Å². The van der Waals surface area contributed by atoms with Crippen molar-refractivity contribution in [2.24, 2.45) is 0 Å². The van der Waals surface area contributed by atoms with Crippen LogP contribution in [0.3, 0.4) is 0 Å². The minimum Gasteiger partial charge on any atom is -0.493 e. The molecule has 0 amide bonds. The van der Waals surface area contributed by atoms with E-state index in [-0.39, 0.29) is 0 Å². The summed E-state index contributed by atoms with van der Waals surface area (Å²) in [6.07, 6.45) is 5.06. The molecule has 1 heterocycles. The maximum Gasteiger partial charge on any atom is 0.344 e. The highest BCUT2D eigenvalue weighted by Gasteiger charge is 2.15. The Bertz CT molecular complexity index is 706. The molecule has 0 saturated heterocycles. The molecule has 0 aliphatic heterocycles. The van der Waals surface area contributed by atoms with Gasteiger partial charge >= 0.3 is 5.63 Å². The lowest BCUT2D eigenvalue weighted by Crippen LogP contribution is -2.07. The summed E-state index contributed by atoms with van der Waals surface area (Å²) in [6, 6.07) is 3.34. The van der Waals surface area contributed by atoms with Crippen molar-refractivity contribution in [1.82, 2.24) is 0 Å². The van der Waals surface area contributed by atoms with Crippen LogP contribution in [-0.4, -0.2) is 14.2 Å². The molecule has 2 rings (SSSR count). The fourth-order valence-corrected chi connectivity index (χ4v) is 2.54. The Morgan fingerprint density at radius 1 is 1.05 bits per heavy atom. The lowest BCUT2D eigenvalue weighted by molar-refractivity contribution is 0.355. The second kappa shape index (κ2) is 7.20. The van der Waals surface area contributed by atoms with Crippen LogP contribution in [0.2, 0.25) is 0 Å². The molecule has 0 spiro atoms. The minimum atomic E-state index is -0.393. The van der Waals surface area contributed by atoms with Crippen LogP contribution in [0.25, 0.3) is 10.8 Å². The van der Waals surface area contributed by atoms with Crippen molar-refractivity contribution >= 4 is 16.5 Å². The maximum absolute atomic E-state index is 12.2. The van der Waals surface area contributed by atoms with Crippen molar-refractivity contribution in [1.29, 1.82) is 0 Å². The number of benzene rings is 1. The van der Waals surface area contributed by atoms with Gasteiger partial charge in [0.25, 0.3) is 0 Å². The van der Waals surface area contributed by atoms with Crippen LogP contribution in [0.1, 0.15) is 38.4 Å². The Hall–Kier alpha value is -2.17. The summed E-state index contributed by atoms with van der Waals surface area (Å²) < 4.78 is 15.9. The molecule has 2 aromatic rings. The van der Waals surface area contributed by atoms with Crippen molar-refractivity contribution in [2.75, 3.05) is 20.0 Å². The number of hydrogen-bond donors (Lipinski definition) is 1. The molecular formula is C17H23NO4. The third kappa shape index (κ3) is 3.18. The number of anilines is 1. The van der Waals surface area contributed by atoms with Crippen molar-refractivity contribution in [3.05, 3.63) is 28.3 Å². The zero-order valence-corrected chi connectivity index (χ0v) is 13.4. The molecule has 0 aliphatic rings. The minimum absolute atomic E-state index is 0.393. The normalized spacial score (nSPS) is 10.9. The van der Waals surface area contributed by atoms with Gasteiger partial charge in [0.2, 0.25) is 0 Å². The zero-order valence-electron chi connectivity index (χ0n) is 13.4. The molecule has 5 nitrogen and oxygen atoms in total. The highest BCUT2D eigenvalue weighted by Crippen LogP contribution is 2.34. The van der Waals surface area contributed by atoms with Crippen LogP contribution >= 0.6 is 0 Å². The quantitative estimate of drug-likeness (QED) is 0.792. The molecule has 1 aromatic heterocycles. The maximum atomic E-state index is 12.2. The average molecular weight is 305 g/mol. The van der Waals surface area contributed by atoms with Gasteiger partial charge in [-0.3, -0.25) is 0 Å². The van der Waals surface area contributed by atoms with E-state index in [1.807, 2.05) is 0 Å². The summed E-state index contributed by atoms with van der Waals surface area (Å²) in [7, 11) is 3.08. The number of methoxy groups -OCH3 is 2. The van der Waals surface area contributed by atoms with Gasteiger partial charge < -0.3 is 19.6 Å². The molecule has 0 fully saturated rings. The Labute approximate surface area is 130 Å². The molecule has 0 bridgehead atoms. The number of hydrogen-bond acceptors (Lipinski definition) is 5. The lowest BCUT2D eigenvalue weighted by atomic mass is 10.1. The van der Waals surface area contributed by atoms with E-state index in [0.29, 0.717) is 40.1 Å². The Morgan fingerprint density at radius 2 is 1.68 bits per heavy atom. The number of ether oxygens (including phenoxy) is 2. The third-order valence-electron chi connectivity index (χ3n) is 3.81. The predicted octanol–water partition coefficient (Wildman–Crippen LogP) is 3.52. The standard InChI is InChI=1S/C17H23NO4/c1-4-5-6-7-8-13-16(18)11-9-14(20-2)15(21-3)10-12(11)17(19)22-13/h9-10H,4-8,18H2,1-3H3. The van der Waals surface area contributed by atoms with Crippen LogP contribution in [-0.2, 0) is 6.42 Å². The number of rotatable bonds is 7. The summed E-state index contributed by atoms with van der Waals surface area (Å²) >= 11 is 0. The Morgan fingerprint density at radius 3 is 2.27 bits per heavy atom. The number of aryl methyl sites for hydroxylation is 1. The second-order valence-corrected chi connectivity index (χ2v) is 5.29. The summed E-state index contributed by atoms with van der Waals surface area (Å²) in [4.78, 5) is 12.2. The van der Waals surface area contributed by atoms with Crippen LogP contribution in [0.4, 0.5) is 5.69 Å². The first-order chi connectivity index (χ1) is 10.6. The molecule has 5 heteroatoms. The third-order valence-corrected chi connectivity index (χ3v) is 3.81. The first-order valence-corrected chi connectivity index (χ1v) is 7.59. The van der Waals surface area contributed by atoms with E-state index < -0.39 is 5.63 Å². The van der Waals surface area contributed by atoms with Crippen molar-refractivity contribution in [3.63, 3.8) is 0 Å². The van der Waals surface area contributed by atoms with E-state index >= 15 is 0 Å². The number of nitrogens with two attached hydrogens (primary N) is 1. The fraction of sp³-hybridized carbons (Fsp3) is 0.471. The van der Waals surface area contributed by atoms with Crippen LogP contribution in [0.5, 0.6) is 11.5 Å². The fourth-order valence-electron chi connectivity index (χ4n) is 2.54. The van der Waals surface area contributed by atoms with Gasteiger partial charge in [-0.1, -0.05) is 26.2 Å². The summed E-state index contributed by atoms with van der Waals surface area (Å²) in [5, 5.41) is 1.06. The van der Waals surface area contributed by atoms with E-state index in [1.54, 1.807) is 19.2 Å². The van der Waals surface area contributed by atoms with E-state index in [0.717, 1.165) is 19.3 Å². The molecule has 0 unspecified atom stereocenters. The summed E-state index contributed by atoms with van der Waals surface area (Å²) in [6.45, 7) is 2.16. The molecular weight excluding hydrogens is 282 g/mol. The van der Waals surface area contributed by atoms with E-state index in [1.165, 1.54) is 13.5 Å². The second-order valence-electron chi connectivity index (χ2n) is 5.29. The first-order valence-electron chi connectivity index (χ1n) is 7.59. The number of fused-ring (bicyclic) bond motifs is 1. The van der Waals surface area contributed by atoms with Crippen LogP contribution in [0.15, 0.2) is 21.3 Å². The van der Waals surface area contributed by atoms with Gasteiger partial charge in [0, 0.05) is 11.8 Å². The smallest absolute Gasteiger partial charge is 0.344 e. The van der Waals surface area contributed by atoms with Crippen molar-refractivity contribution in [3.8, 4) is 11.5 Å². The van der Waals surface area contributed by atoms with E-state index in [2.05, 4.69) is 6.92 Å². The molecule has 1 aromatic carbocycles. The number of nitrogen functional groups attached to an aromatic ring is 1. The highest BCUT2D eigenvalue weighted by molar-refractivity contribution is 5.94. The van der Waals surface area contributed by atoms with Gasteiger partial charge in [-0.2, -0.15) is 0 Å². The van der Waals surface area contributed by atoms with Crippen molar-refractivity contribution in [2.45, 2.75) is 39.0 Å². The van der Waals surface area contributed by atoms with Gasteiger partial charge in [0.15, 0.2) is 11.5 Å². The monoisotopic (exact) mass is 305 g/mol. The number of unbranched alkanes of at least 4 members (excludes halogenated alkanes) is 3. The SMILES string of the molecule is CCCCCCc1oc(=O)c2cc(OC)c(OC)cc2c1N. The van der Waals surface area contributed by atoms with Gasteiger partial charge in [-0.25, -0.2) is 4.79 Å². The molecule has 0 saturated carbocycles. The topological polar surface area (TPSA) is 74.7 Å². The Kier molecular flexibility index (Phi) is 5.31. The molecule has 22 heavy (non-hydrogen) atoms. The van der Waals surface area contributed by atoms with Gasteiger partial charge in [0.05, 0.1) is 25.3 Å². The van der Waals surface area contributed by atoms with Crippen molar-refractivity contribution < 1.29 is 13.9 Å². The molecule has 0 radical (unpaired) electrons. The molecule has 0 aliphatic carbocycles. The largest absolute Gasteiger partial charge is 0.493 e. The predicted molar refractivity (Wildman–Crippen MR) is 87.8 cm³/mol. The zero-order chi connectivity index (χ0) is 16.1. The van der Waals surface area contributed by atoms with Gasteiger partial charge in [0.1, 0.15) is 5.76 Å². The van der Waals surface area contributed by atoms with Crippen LogP contribution < -0.4 is 20.8 Å². The average Bonchev–Trinajstić information content (AvgIpc) is 2.54. The van der Waals surface area contributed by atoms with Crippen LogP contribution in [0, 0.1) is 0 Å². The Balaban J connectivity index is 2.45. The lowest BCUT2D eigenvalue weighted by Gasteiger charge is -2.11. The van der Waals surface area contributed by atoms with Gasteiger partial charge in [-0.15, -0.1) is 0 Å². The van der Waals surface area contributed by atoms with E-state index in [9.17, 15) is 4.79 Å². The molecule has 2 N–H and O–H groups in total. The molecule has 0 atom stereocenters. The highest BCUT2D eigenvalue weighted by atomic mass is 16.5. The summed E-state index contributed by atoms with van der Waals surface area (Å²) in [5.74, 6) is 1.59. The van der Waals surface area contributed by atoms with Gasteiger partial charge in [-0.05, 0) is 18.6 Å². The summed E-state index contributed by atoms with van der Waals surface area (Å²) in [5.41, 5.74) is 6.30. The molecule has 120 valence electrons. The first kappa shape index (κ1) is 16.2.